The number of hydrogen-bond donors (Lipinski definition) is 1. The molecule has 0 fully saturated rings. The first-order chi connectivity index (χ1) is 12.5. The molecule has 0 aliphatic carbocycles. The minimum atomic E-state index is -4.61. The largest absolute Gasteiger partial charge is 0.435 e. The molecule has 0 bridgehead atoms. The van der Waals surface area contributed by atoms with Crippen LogP contribution in [0.3, 0.4) is 0 Å². The maximum Gasteiger partial charge on any atom is 0.435 e. The van der Waals surface area contributed by atoms with E-state index >= 15 is 0 Å². The second kappa shape index (κ2) is 6.50. The lowest BCUT2D eigenvalue weighted by Crippen LogP contribution is -2.12. The molecule has 0 unspecified atom stereocenters. The number of sulfonamides is 1. The van der Waals surface area contributed by atoms with Gasteiger partial charge in [0.1, 0.15) is 0 Å². The van der Waals surface area contributed by atoms with Crippen LogP contribution in [0, 0.1) is 13.8 Å². The molecule has 2 aromatic carbocycles. The van der Waals surface area contributed by atoms with Crippen molar-refractivity contribution in [2.45, 2.75) is 24.9 Å². The molecule has 0 amide bonds. The number of aromatic nitrogens is 2. The molecule has 3 rings (SSSR count). The fraction of sp³-hybridized carbons (Fsp3) is 0.167. The lowest BCUT2D eigenvalue weighted by Gasteiger charge is -2.10. The third-order valence-corrected chi connectivity index (χ3v) is 5.14. The van der Waals surface area contributed by atoms with Crippen LogP contribution in [0.1, 0.15) is 16.8 Å². The monoisotopic (exact) mass is 395 g/mol. The van der Waals surface area contributed by atoms with Crippen LogP contribution in [-0.2, 0) is 16.2 Å². The molecule has 0 radical (unpaired) electrons. The summed E-state index contributed by atoms with van der Waals surface area (Å²) in [6, 6.07) is 11.5. The van der Waals surface area contributed by atoms with Gasteiger partial charge < -0.3 is 0 Å². The van der Waals surface area contributed by atoms with Crippen LogP contribution >= 0.6 is 0 Å². The maximum absolute atomic E-state index is 13.2. The molecule has 5 nitrogen and oxygen atoms in total. The van der Waals surface area contributed by atoms with E-state index < -0.39 is 21.9 Å². The van der Waals surface area contributed by atoms with Crippen molar-refractivity contribution in [2.75, 3.05) is 0 Å². The Morgan fingerprint density at radius 2 is 1.59 bits per heavy atom. The van der Waals surface area contributed by atoms with Crippen LogP contribution < -0.4 is 5.14 Å². The van der Waals surface area contributed by atoms with Crippen molar-refractivity contribution in [3.8, 4) is 16.9 Å². The van der Waals surface area contributed by atoms with E-state index in [-0.39, 0.29) is 16.3 Å². The molecule has 0 atom stereocenters. The summed E-state index contributed by atoms with van der Waals surface area (Å²) >= 11 is 0. The van der Waals surface area contributed by atoms with Crippen molar-refractivity contribution in [2.24, 2.45) is 5.14 Å². The van der Waals surface area contributed by atoms with Gasteiger partial charge in [-0.05, 0) is 61.4 Å². The Morgan fingerprint density at radius 3 is 2.11 bits per heavy atom. The summed E-state index contributed by atoms with van der Waals surface area (Å²) < 4.78 is 63.5. The Morgan fingerprint density at radius 1 is 0.963 bits per heavy atom. The molecule has 3 aromatic rings. The van der Waals surface area contributed by atoms with Gasteiger partial charge in [-0.25, -0.2) is 18.2 Å². The normalized spacial score (nSPS) is 12.4. The third-order valence-electron chi connectivity index (χ3n) is 4.21. The van der Waals surface area contributed by atoms with Crippen molar-refractivity contribution in [3.05, 3.63) is 65.4 Å². The summed E-state index contributed by atoms with van der Waals surface area (Å²) in [7, 11) is -3.90. The topological polar surface area (TPSA) is 78.0 Å². The van der Waals surface area contributed by atoms with E-state index in [9.17, 15) is 21.6 Å². The quantitative estimate of drug-likeness (QED) is 0.732. The molecule has 27 heavy (non-hydrogen) atoms. The predicted molar refractivity (Wildman–Crippen MR) is 94.8 cm³/mol. The van der Waals surface area contributed by atoms with E-state index in [2.05, 4.69) is 5.10 Å². The Hall–Kier alpha value is -2.65. The number of aryl methyl sites for hydroxylation is 2. The Labute approximate surface area is 154 Å². The molecule has 142 valence electrons. The van der Waals surface area contributed by atoms with Crippen LogP contribution in [0.2, 0.25) is 0 Å². The van der Waals surface area contributed by atoms with Gasteiger partial charge in [-0.2, -0.15) is 18.3 Å². The standard InChI is InChI=1S/C18H16F3N3O2S/c1-11-3-4-13(9-12(11)2)16-10-17(18(19,20)21)23-24(16)14-5-7-15(8-6-14)27(22,25)26/h3-10H,1-2H3,(H2,22,25,26). The number of primary sulfonamides is 1. The van der Waals surface area contributed by atoms with Gasteiger partial charge >= 0.3 is 6.18 Å². The highest BCUT2D eigenvalue weighted by molar-refractivity contribution is 7.89. The fourth-order valence-electron chi connectivity index (χ4n) is 2.60. The molecule has 0 aliphatic heterocycles. The first-order valence-electron chi connectivity index (χ1n) is 7.85. The number of halogens is 3. The van der Waals surface area contributed by atoms with Crippen molar-refractivity contribution >= 4 is 10.0 Å². The van der Waals surface area contributed by atoms with Crippen molar-refractivity contribution in [1.82, 2.24) is 9.78 Å². The van der Waals surface area contributed by atoms with Crippen molar-refractivity contribution in [3.63, 3.8) is 0 Å². The highest BCUT2D eigenvalue weighted by Crippen LogP contribution is 2.33. The lowest BCUT2D eigenvalue weighted by atomic mass is 10.0. The Balaban J connectivity index is 2.19. The molecular formula is C18H16F3N3O2S. The number of nitrogens with two attached hydrogens (primary N) is 1. The van der Waals surface area contributed by atoms with Gasteiger partial charge in [0.05, 0.1) is 16.3 Å². The van der Waals surface area contributed by atoms with Crippen LogP contribution in [-0.4, -0.2) is 18.2 Å². The van der Waals surface area contributed by atoms with Crippen molar-refractivity contribution in [1.29, 1.82) is 0 Å². The number of hydrogen-bond acceptors (Lipinski definition) is 3. The molecule has 0 saturated carbocycles. The Kier molecular flexibility index (Phi) is 4.61. The zero-order chi connectivity index (χ0) is 20.0. The summed E-state index contributed by atoms with van der Waals surface area (Å²) in [5.41, 5.74) is 2.00. The molecule has 1 heterocycles. The highest BCUT2D eigenvalue weighted by atomic mass is 32.2. The van der Waals surface area contributed by atoms with Gasteiger partial charge in [-0.15, -0.1) is 0 Å². The van der Waals surface area contributed by atoms with Crippen LogP contribution in [0.4, 0.5) is 13.2 Å². The summed E-state index contributed by atoms with van der Waals surface area (Å²) in [6.07, 6.45) is -4.61. The summed E-state index contributed by atoms with van der Waals surface area (Å²) in [5.74, 6) is 0. The van der Waals surface area contributed by atoms with Crippen LogP contribution in [0.15, 0.2) is 53.4 Å². The molecule has 9 heteroatoms. The maximum atomic E-state index is 13.2. The Bertz CT molecular complexity index is 1100. The number of benzene rings is 2. The summed E-state index contributed by atoms with van der Waals surface area (Å²) in [6.45, 7) is 3.77. The zero-order valence-corrected chi connectivity index (χ0v) is 15.3. The molecular weight excluding hydrogens is 379 g/mol. The highest BCUT2D eigenvalue weighted by Gasteiger charge is 2.35. The summed E-state index contributed by atoms with van der Waals surface area (Å²) in [4.78, 5) is -0.137. The zero-order valence-electron chi connectivity index (χ0n) is 14.4. The average Bonchev–Trinajstić information content (AvgIpc) is 3.02. The fourth-order valence-corrected chi connectivity index (χ4v) is 3.12. The van der Waals surface area contributed by atoms with Gasteiger partial charge in [0.25, 0.3) is 0 Å². The SMILES string of the molecule is Cc1ccc(-c2cc(C(F)(F)F)nn2-c2ccc(S(N)(=O)=O)cc2)cc1C. The van der Waals surface area contributed by atoms with Crippen LogP contribution in [0.5, 0.6) is 0 Å². The second-order valence-corrected chi connectivity index (χ2v) is 7.72. The van der Waals surface area contributed by atoms with E-state index in [4.69, 9.17) is 5.14 Å². The van der Waals surface area contributed by atoms with E-state index in [1.54, 1.807) is 12.1 Å². The number of rotatable bonds is 3. The van der Waals surface area contributed by atoms with E-state index in [0.717, 1.165) is 21.9 Å². The second-order valence-electron chi connectivity index (χ2n) is 6.16. The predicted octanol–water partition coefficient (Wildman–Crippen LogP) is 3.82. The smallest absolute Gasteiger partial charge is 0.233 e. The number of alkyl halides is 3. The molecule has 0 saturated heterocycles. The van der Waals surface area contributed by atoms with Crippen LogP contribution in [0.25, 0.3) is 16.9 Å². The first kappa shape index (κ1) is 19.1. The van der Waals surface area contributed by atoms with Crippen molar-refractivity contribution < 1.29 is 21.6 Å². The van der Waals surface area contributed by atoms with Gasteiger partial charge in [0.2, 0.25) is 10.0 Å². The molecule has 2 N–H and O–H groups in total. The van der Waals surface area contributed by atoms with Gasteiger partial charge in [0, 0.05) is 5.56 Å². The van der Waals surface area contributed by atoms with Gasteiger partial charge in [-0.3, -0.25) is 0 Å². The van der Waals surface area contributed by atoms with E-state index in [1.165, 1.54) is 24.3 Å². The molecule has 0 aliphatic rings. The molecule has 1 aromatic heterocycles. The van der Waals surface area contributed by atoms with E-state index in [0.29, 0.717) is 5.56 Å². The molecule has 0 spiro atoms. The average molecular weight is 395 g/mol. The number of nitrogens with zero attached hydrogens (tertiary/aromatic N) is 2. The minimum absolute atomic E-state index is 0.137. The van der Waals surface area contributed by atoms with Gasteiger partial charge in [0.15, 0.2) is 5.69 Å². The third kappa shape index (κ3) is 3.88. The lowest BCUT2D eigenvalue weighted by molar-refractivity contribution is -0.141. The van der Waals surface area contributed by atoms with E-state index in [1.807, 2.05) is 19.9 Å². The summed E-state index contributed by atoms with van der Waals surface area (Å²) in [5, 5.41) is 8.74. The van der Waals surface area contributed by atoms with Gasteiger partial charge in [-0.1, -0.05) is 12.1 Å². The first-order valence-corrected chi connectivity index (χ1v) is 9.39. The minimum Gasteiger partial charge on any atom is -0.233 e.